The zero-order valence-electron chi connectivity index (χ0n) is 22.4. The van der Waals surface area contributed by atoms with E-state index in [-0.39, 0.29) is 13.6 Å². The monoisotopic (exact) mass is 556 g/mol. The zero-order chi connectivity index (χ0) is 28.2. The van der Waals surface area contributed by atoms with E-state index in [9.17, 15) is 9.59 Å². The molecule has 4 aromatic carbocycles. The summed E-state index contributed by atoms with van der Waals surface area (Å²) in [7, 11) is 0. The van der Waals surface area contributed by atoms with E-state index in [2.05, 4.69) is 0 Å². The van der Waals surface area contributed by atoms with E-state index in [1.54, 1.807) is 12.1 Å². The van der Waals surface area contributed by atoms with Gasteiger partial charge in [0, 0.05) is 36.0 Å². The van der Waals surface area contributed by atoms with Gasteiger partial charge in [-0.25, -0.2) is 0 Å². The van der Waals surface area contributed by atoms with Gasteiger partial charge in [0.2, 0.25) is 13.6 Å². The van der Waals surface area contributed by atoms with E-state index < -0.39 is 11.6 Å². The quantitative estimate of drug-likeness (QED) is 0.172. The lowest BCUT2D eigenvalue weighted by Crippen LogP contribution is -2.22. The minimum Gasteiger partial charge on any atom is -0.454 e. The van der Waals surface area contributed by atoms with Crippen LogP contribution in [0.4, 0.5) is 0 Å². The summed E-state index contributed by atoms with van der Waals surface area (Å²) < 4.78 is 26.2. The molecule has 0 spiro atoms. The fourth-order valence-electron chi connectivity index (χ4n) is 5.78. The van der Waals surface area contributed by atoms with E-state index in [0.717, 1.165) is 32.9 Å². The summed E-state index contributed by atoms with van der Waals surface area (Å²) in [6, 6.07) is 30.7. The highest BCUT2D eigenvalue weighted by atomic mass is 16.7. The molecule has 2 aromatic heterocycles. The molecule has 42 heavy (non-hydrogen) atoms. The van der Waals surface area contributed by atoms with Crippen LogP contribution in [0.3, 0.4) is 0 Å². The molecule has 0 saturated heterocycles. The third-order valence-electron chi connectivity index (χ3n) is 7.83. The van der Waals surface area contributed by atoms with Crippen molar-refractivity contribution in [2.24, 2.45) is 0 Å². The van der Waals surface area contributed by atoms with E-state index in [0.29, 0.717) is 47.5 Å². The van der Waals surface area contributed by atoms with Crippen LogP contribution in [0.5, 0.6) is 23.0 Å². The van der Waals surface area contributed by atoms with Crippen LogP contribution in [0.1, 0.15) is 32.1 Å². The van der Waals surface area contributed by atoms with Gasteiger partial charge in [-0.2, -0.15) is 0 Å². The fourth-order valence-corrected chi connectivity index (χ4v) is 5.78. The molecule has 0 atom stereocenters. The number of carbonyl (C=O) groups is 2. The van der Waals surface area contributed by atoms with Crippen molar-refractivity contribution in [2.45, 2.75) is 13.1 Å². The lowest BCUT2D eigenvalue weighted by Gasteiger charge is -2.13. The maximum Gasteiger partial charge on any atom is 0.251 e. The van der Waals surface area contributed by atoms with Crippen LogP contribution in [-0.4, -0.2) is 34.3 Å². The topological polar surface area (TPSA) is 80.9 Å². The van der Waals surface area contributed by atoms with Gasteiger partial charge in [0.1, 0.15) is 0 Å². The Balaban J connectivity index is 1.26. The second kappa shape index (κ2) is 9.55. The molecule has 0 fully saturated rings. The lowest BCUT2D eigenvalue weighted by molar-refractivity contribution is 0.0807. The van der Waals surface area contributed by atoms with Crippen molar-refractivity contribution in [1.82, 2.24) is 9.13 Å². The minimum absolute atomic E-state index is 0.149. The minimum atomic E-state index is -0.596. The van der Waals surface area contributed by atoms with Gasteiger partial charge >= 0.3 is 0 Å². The van der Waals surface area contributed by atoms with Gasteiger partial charge in [-0.1, -0.05) is 60.7 Å². The standard InChI is InChI=1S/C34H24N2O6/c37-33(27-11-23-13-29-31(41-19-39-29)15-25(23)35(27)17-21-7-3-1-4-8-21)34(38)28-12-24-14-30-32(42-20-40-30)16-26(24)36(28)18-22-9-5-2-6-10-22/h1-16H,17-20H2. The normalized spacial score (nSPS) is 13.2. The smallest absolute Gasteiger partial charge is 0.251 e. The molecule has 8 rings (SSSR count). The van der Waals surface area contributed by atoms with Crippen molar-refractivity contribution in [3.8, 4) is 23.0 Å². The number of fused-ring (bicyclic) bond motifs is 4. The number of hydrogen-bond acceptors (Lipinski definition) is 6. The van der Waals surface area contributed by atoms with Crippen LogP contribution < -0.4 is 18.9 Å². The predicted octanol–water partition coefficient (Wildman–Crippen LogP) is 6.22. The summed E-state index contributed by atoms with van der Waals surface area (Å²) in [5.74, 6) is 1.26. The van der Waals surface area contributed by atoms with E-state index in [4.69, 9.17) is 18.9 Å². The number of rotatable bonds is 7. The third-order valence-corrected chi connectivity index (χ3v) is 7.83. The van der Waals surface area contributed by atoms with E-state index in [1.807, 2.05) is 94.1 Å². The number of ether oxygens (including phenoxy) is 4. The number of Topliss-reactive ketones (excluding diaryl/α,β-unsaturated/α-hetero) is 2. The molecule has 206 valence electrons. The Morgan fingerprint density at radius 3 is 1.31 bits per heavy atom. The first kappa shape index (κ1) is 24.3. The summed E-state index contributed by atoms with van der Waals surface area (Å²) in [6.07, 6.45) is 0. The zero-order valence-corrected chi connectivity index (χ0v) is 22.4. The first-order valence-electron chi connectivity index (χ1n) is 13.6. The molecule has 0 N–H and O–H groups in total. The highest BCUT2D eigenvalue weighted by molar-refractivity contribution is 6.49. The van der Waals surface area contributed by atoms with Gasteiger partial charge < -0.3 is 28.1 Å². The molecule has 8 nitrogen and oxygen atoms in total. The molecule has 0 saturated carbocycles. The Hall–Kier alpha value is -5.50. The van der Waals surface area contributed by atoms with Crippen LogP contribution in [0.15, 0.2) is 97.1 Å². The molecule has 8 heteroatoms. The summed E-state index contributed by atoms with van der Waals surface area (Å²) >= 11 is 0. The molecule has 2 aliphatic rings. The fraction of sp³-hybridized carbons (Fsp3) is 0.118. The van der Waals surface area contributed by atoms with E-state index in [1.165, 1.54) is 0 Å². The average Bonchev–Trinajstić information content (AvgIpc) is 3.81. The summed E-state index contributed by atoms with van der Waals surface area (Å²) in [5.41, 5.74) is 4.18. The SMILES string of the molecule is O=C(C(=O)c1cc2cc3c(cc2n1Cc1ccccc1)OCO3)c1cc2cc3c(cc2n1Cc1ccccc1)OCO3. The number of aromatic nitrogens is 2. The molecule has 0 radical (unpaired) electrons. The number of nitrogens with zero attached hydrogens (tertiary/aromatic N) is 2. The second-order valence-electron chi connectivity index (χ2n) is 10.4. The Morgan fingerprint density at radius 1 is 0.524 bits per heavy atom. The second-order valence-corrected chi connectivity index (χ2v) is 10.4. The van der Waals surface area contributed by atoms with Crippen molar-refractivity contribution in [3.63, 3.8) is 0 Å². The van der Waals surface area contributed by atoms with Crippen molar-refractivity contribution in [3.05, 3.63) is 120 Å². The molecule has 6 aromatic rings. The largest absolute Gasteiger partial charge is 0.454 e. The number of carbonyl (C=O) groups excluding carboxylic acids is 2. The summed E-state index contributed by atoms with van der Waals surface area (Å²) in [4.78, 5) is 28.3. The Labute approximate surface area is 240 Å². The summed E-state index contributed by atoms with van der Waals surface area (Å²) in [5, 5.41) is 1.59. The van der Waals surface area contributed by atoms with Gasteiger partial charge in [-0.15, -0.1) is 0 Å². The molecule has 4 heterocycles. The Kier molecular flexibility index (Phi) is 5.53. The molecule has 0 amide bonds. The maximum atomic E-state index is 14.2. The molecule has 2 aliphatic heterocycles. The van der Waals surface area contributed by atoms with Gasteiger partial charge in [0.05, 0.1) is 22.4 Å². The molecular formula is C34H24N2O6. The van der Waals surface area contributed by atoms with E-state index >= 15 is 0 Å². The number of benzene rings is 4. The van der Waals surface area contributed by atoms with Crippen molar-refractivity contribution < 1.29 is 28.5 Å². The highest BCUT2D eigenvalue weighted by Gasteiger charge is 2.29. The Morgan fingerprint density at radius 2 is 0.905 bits per heavy atom. The number of hydrogen-bond donors (Lipinski definition) is 0. The van der Waals surface area contributed by atoms with Gasteiger partial charge in [0.15, 0.2) is 23.0 Å². The van der Waals surface area contributed by atoms with Gasteiger partial charge in [-0.3, -0.25) is 9.59 Å². The van der Waals surface area contributed by atoms with Crippen LogP contribution >= 0.6 is 0 Å². The van der Waals surface area contributed by atoms with Crippen LogP contribution in [0.25, 0.3) is 21.8 Å². The molecule has 0 aliphatic carbocycles. The highest BCUT2D eigenvalue weighted by Crippen LogP contribution is 2.39. The number of ketones is 2. The average molecular weight is 557 g/mol. The molecule has 0 unspecified atom stereocenters. The molecular weight excluding hydrogens is 532 g/mol. The predicted molar refractivity (Wildman–Crippen MR) is 156 cm³/mol. The van der Waals surface area contributed by atoms with Crippen molar-refractivity contribution >= 4 is 33.4 Å². The van der Waals surface area contributed by atoms with Crippen molar-refractivity contribution in [1.29, 1.82) is 0 Å². The van der Waals surface area contributed by atoms with Gasteiger partial charge in [0.25, 0.3) is 11.6 Å². The molecule has 0 bridgehead atoms. The maximum absolute atomic E-state index is 14.2. The van der Waals surface area contributed by atoms with Crippen LogP contribution in [-0.2, 0) is 13.1 Å². The first-order chi connectivity index (χ1) is 20.6. The van der Waals surface area contributed by atoms with Crippen molar-refractivity contribution in [2.75, 3.05) is 13.6 Å². The third kappa shape index (κ3) is 3.99. The van der Waals surface area contributed by atoms with Crippen LogP contribution in [0, 0.1) is 0 Å². The Bertz CT molecular complexity index is 1880. The first-order valence-corrected chi connectivity index (χ1v) is 13.6. The van der Waals surface area contributed by atoms with Crippen LogP contribution in [0.2, 0.25) is 0 Å². The lowest BCUT2D eigenvalue weighted by atomic mass is 10.1. The van der Waals surface area contributed by atoms with Gasteiger partial charge in [-0.05, 0) is 35.4 Å². The summed E-state index contributed by atoms with van der Waals surface area (Å²) in [6.45, 7) is 1.12.